The highest BCUT2D eigenvalue weighted by Gasteiger charge is 2.30. The summed E-state index contributed by atoms with van der Waals surface area (Å²) in [7, 11) is 0. The van der Waals surface area contributed by atoms with Crippen molar-refractivity contribution < 1.29 is 14.7 Å². The van der Waals surface area contributed by atoms with Crippen LogP contribution in [0.1, 0.15) is 40.4 Å². The Morgan fingerprint density at radius 3 is 2.54 bits per heavy atom. The summed E-state index contributed by atoms with van der Waals surface area (Å²) < 4.78 is 0. The molecule has 24 heavy (non-hydrogen) atoms. The number of halogens is 1. The number of benzene rings is 2. The fraction of sp³-hybridized carbons (Fsp3) is 0.263. The number of hydrogen-bond acceptors (Lipinski definition) is 2. The van der Waals surface area contributed by atoms with E-state index in [1.807, 2.05) is 29.2 Å². The average molecular weight is 344 g/mol. The molecule has 1 fully saturated rings. The highest BCUT2D eigenvalue weighted by Crippen LogP contribution is 2.33. The van der Waals surface area contributed by atoms with E-state index in [1.54, 1.807) is 18.2 Å². The Balaban J connectivity index is 1.79. The summed E-state index contributed by atoms with van der Waals surface area (Å²) in [6, 6.07) is 14.3. The summed E-state index contributed by atoms with van der Waals surface area (Å²) in [4.78, 5) is 25.9. The molecule has 1 aliphatic heterocycles. The van der Waals surface area contributed by atoms with Crippen molar-refractivity contribution in [1.82, 2.24) is 4.90 Å². The average Bonchev–Trinajstić information content (AvgIpc) is 3.05. The maximum atomic E-state index is 12.7. The number of likely N-dealkylation sites (tertiary alicyclic amines) is 1. The first-order valence-corrected chi connectivity index (χ1v) is 8.30. The Labute approximate surface area is 145 Å². The Bertz CT molecular complexity index is 757. The molecule has 1 aliphatic rings. The second kappa shape index (κ2) is 7.05. The highest BCUT2D eigenvalue weighted by atomic mass is 35.5. The van der Waals surface area contributed by atoms with Crippen molar-refractivity contribution in [3.63, 3.8) is 0 Å². The minimum absolute atomic E-state index is 0.0340. The molecule has 1 amide bonds. The molecule has 0 saturated carbocycles. The van der Waals surface area contributed by atoms with Crippen LogP contribution in [0, 0.1) is 0 Å². The lowest BCUT2D eigenvalue weighted by Gasteiger charge is -2.25. The molecule has 0 radical (unpaired) electrons. The minimum atomic E-state index is -1.01. The van der Waals surface area contributed by atoms with E-state index in [1.165, 1.54) is 6.07 Å². The van der Waals surface area contributed by atoms with Crippen LogP contribution in [0.3, 0.4) is 0 Å². The van der Waals surface area contributed by atoms with E-state index < -0.39 is 5.97 Å². The van der Waals surface area contributed by atoms with Gasteiger partial charge in [-0.05, 0) is 42.2 Å². The normalized spacial score (nSPS) is 17.0. The minimum Gasteiger partial charge on any atom is -0.478 e. The molecule has 0 spiro atoms. The van der Waals surface area contributed by atoms with Crippen molar-refractivity contribution in [1.29, 1.82) is 0 Å². The van der Waals surface area contributed by atoms with Crippen LogP contribution in [0.25, 0.3) is 0 Å². The fourth-order valence-electron chi connectivity index (χ4n) is 3.24. The maximum absolute atomic E-state index is 12.7. The van der Waals surface area contributed by atoms with Gasteiger partial charge in [0.1, 0.15) is 0 Å². The van der Waals surface area contributed by atoms with Crippen molar-refractivity contribution in [3.8, 4) is 0 Å². The second-order valence-corrected chi connectivity index (χ2v) is 6.37. The molecule has 0 aromatic heterocycles. The summed E-state index contributed by atoms with van der Waals surface area (Å²) in [5.74, 6) is -1.05. The van der Waals surface area contributed by atoms with Crippen LogP contribution < -0.4 is 0 Å². The standard InChI is InChI=1S/C19H18ClNO3/c20-15-9-7-13(8-10-15)17-6-3-11-21(17)18(22)12-14-4-1-2-5-16(14)19(23)24/h1-2,4-5,7-10,17H,3,6,11-12H2,(H,23,24). The number of carboxylic acid groups (broad SMARTS) is 1. The van der Waals surface area contributed by atoms with Crippen LogP contribution in [0.15, 0.2) is 48.5 Å². The molecule has 1 N–H and O–H groups in total. The van der Waals surface area contributed by atoms with Crippen molar-refractivity contribution in [2.75, 3.05) is 6.54 Å². The van der Waals surface area contributed by atoms with E-state index in [-0.39, 0.29) is 23.9 Å². The lowest BCUT2D eigenvalue weighted by atomic mass is 10.0. The summed E-state index contributed by atoms with van der Waals surface area (Å²) in [5, 5.41) is 9.93. The van der Waals surface area contributed by atoms with Crippen LogP contribution in [-0.4, -0.2) is 28.4 Å². The van der Waals surface area contributed by atoms with Crippen molar-refractivity contribution >= 4 is 23.5 Å². The van der Waals surface area contributed by atoms with Gasteiger partial charge in [-0.3, -0.25) is 4.79 Å². The summed E-state index contributed by atoms with van der Waals surface area (Å²) >= 11 is 5.94. The lowest BCUT2D eigenvalue weighted by Crippen LogP contribution is -2.32. The summed E-state index contributed by atoms with van der Waals surface area (Å²) in [6.07, 6.45) is 1.96. The third-order valence-electron chi connectivity index (χ3n) is 4.42. The molecule has 2 aromatic rings. The summed E-state index contributed by atoms with van der Waals surface area (Å²) in [6.45, 7) is 0.696. The van der Waals surface area contributed by atoms with E-state index in [4.69, 9.17) is 11.6 Å². The van der Waals surface area contributed by atoms with E-state index in [9.17, 15) is 14.7 Å². The number of carbonyl (C=O) groups excluding carboxylic acids is 1. The largest absolute Gasteiger partial charge is 0.478 e. The fourth-order valence-corrected chi connectivity index (χ4v) is 3.37. The lowest BCUT2D eigenvalue weighted by molar-refractivity contribution is -0.131. The molecule has 1 atom stereocenters. The Morgan fingerprint density at radius 1 is 1.12 bits per heavy atom. The second-order valence-electron chi connectivity index (χ2n) is 5.94. The molecule has 1 heterocycles. The molecular formula is C19H18ClNO3. The van der Waals surface area contributed by atoms with Gasteiger partial charge in [0, 0.05) is 11.6 Å². The molecule has 4 nitrogen and oxygen atoms in total. The van der Waals surface area contributed by atoms with Gasteiger partial charge in [0.25, 0.3) is 0 Å². The zero-order valence-electron chi connectivity index (χ0n) is 13.1. The molecule has 5 heteroatoms. The third-order valence-corrected chi connectivity index (χ3v) is 4.67. The van der Waals surface area contributed by atoms with Gasteiger partial charge in [0.05, 0.1) is 18.0 Å². The van der Waals surface area contributed by atoms with Gasteiger partial charge >= 0.3 is 5.97 Å². The van der Waals surface area contributed by atoms with E-state index in [0.29, 0.717) is 17.1 Å². The van der Waals surface area contributed by atoms with E-state index in [2.05, 4.69) is 0 Å². The molecule has 3 rings (SSSR count). The van der Waals surface area contributed by atoms with E-state index in [0.717, 1.165) is 18.4 Å². The SMILES string of the molecule is O=C(O)c1ccccc1CC(=O)N1CCCC1c1ccc(Cl)cc1. The van der Waals surface area contributed by atoms with Crippen LogP contribution in [-0.2, 0) is 11.2 Å². The summed E-state index contributed by atoms with van der Waals surface area (Å²) in [5.41, 5.74) is 1.81. The quantitative estimate of drug-likeness (QED) is 0.914. The van der Waals surface area contributed by atoms with Crippen molar-refractivity contribution in [2.24, 2.45) is 0 Å². The predicted molar refractivity (Wildman–Crippen MR) is 92.2 cm³/mol. The first kappa shape index (κ1) is 16.5. The molecule has 0 bridgehead atoms. The van der Waals surface area contributed by atoms with Gasteiger partial charge in [-0.2, -0.15) is 0 Å². The van der Waals surface area contributed by atoms with Crippen molar-refractivity contribution in [2.45, 2.75) is 25.3 Å². The molecule has 1 unspecified atom stereocenters. The first-order valence-electron chi connectivity index (χ1n) is 7.92. The van der Waals surface area contributed by atoms with Crippen LogP contribution in [0.2, 0.25) is 5.02 Å². The van der Waals surface area contributed by atoms with E-state index >= 15 is 0 Å². The number of aromatic carboxylic acids is 1. The number of carboxylic acids is 1. The molecule has 0 aliphatic carbocycles. The Morgan fingerprint density at radius 2 is 1.83 bits per heavy atom. The van der Waals surface area contributed by atoms with Gasteiger partial charge in [-0.25, -0.2) is 4.79 Å². The van der Waals surface area contributed by atoms with Gasteiger partial charge < -0.3 is 10.0 Å². The number of nitrogens with zero attached hydrogens (tertiary/aromatic N) is 1. The maximum Gasteiger partial charge on any atom is 0.335 e. The monoisotopic (exact) mass is 343 g/mol. The van der Waals surface area contributed by atoms with Crippen LogP contribution in [0.4, 0.5) is 0 Å². The highest BCUT2D eigenvalue weighted by molar-refractivity contribution is 6.30. The molecular weight excluding hydrogens is 326 g/mol. The topological polar surface area (TPSA) is 57.6 Å². The smallest absolute Gasteiger partial charge is 0.335 e. The predicted octanol–water partition coefficient (Wildman–Crippen LogP) is 3.94. The van der Waals surface area contributed by atoms with Gasteiger partial charge in [-0.15, -0.1) is 0 Å². The zero-order valence-corrected chi connectivity index (χ0v) is 13.9. The Hall–Kier alpha value is -2.33. The zero-order chi connectivity index (χ0) is 17.1. The third kappa shape index (κ3) is 3.44. The number of hydrogen-bond donors (Lipinski definition) is 1. The van der Waals surface area contributed by atoms with Gasteiger partial charge in [0.2, 0.25) is 5.91 Å². The van der Waals surface area contributed by atoms with Crippen LogP contribution >= 0.6 is 11.6 Å². The number of rotatable bonds is 4. The molecule has 1 saturated heterocycles. The Kier molecular flexibility index (Phi) is 4.86. The van der Waals surface area contributed by atoms with Gasteiger partial charge in [0.15, 0.2) is 0 Å². The number of amides is 1. The van der Waals surface area contributed by atoms with Gasteiger partial charge in [-0.1, -0.05) is 41.9 Å². The first-order chi connectivity index (χ1) is 11.6. The number of carbonyl (C=O) groups is 2. The molecule has 124 valence electrons. The van der Waals surface area contributed by atoms with Crippen LogP contribution in [0.5, 0.6) is 0 Å². The van der Waals surface area contributed by atoms with Crippen molar-refractivity contribution in [3.05, 3.63) is 70.2 Å². The molecule has 2 aromatic carbocycles.